The van der Waals surface area contributed by atoms with Crippen molar-refractivity contribution in [3.05, 3.63) is 21.5 Å². The lowest BCUT2D eigenvalue weighted by Crippen LogP contribution is -2.52. The molecule has 4 N–H and O–H groups in total. The molecule has 0 aromatic heterocycles. The number of halogens is 2. The number of amides is 1. The molecule has 0 spiro atoms. The minimum absolute atomic E-state index is 0.197. The van der Waals surface area contributed by atoms with Crippen LogP contribution >= 0.6 is 22.6 Å². The minimum atomic E-state index is -0.611. The van der Waals surface area contributed by atoms with Crippen molar-refractivity contribution in [1.82, 2.24) is 0 Å². The summed E-state index contributed by atoms with van der Waals surface area (Å²) in [5, 5.41) is 0. The average Bonchev–Trinajstić information content (AvgIpc) is 2.34. The van der Waals surface area contributed by atoms with Crippen LogP contribution in [0, 0.1) is 9.39 Å². The minimum Gasteiger partial charge on any atom is -0.397 e. The van der Waals surface area contributed by atoms with E-state index in [1.54, 1.807) is 11.0 Å². The Morgan fingerprint density at radius 2 is 2.28 bits per heavy atom. The second kappa shape index (κ2) is 5.27. The van der Waals surface area contributed by atoms with Crippen molar-refractivity contribution in [3.8, 4) is 0 Å². The summed E-state index contributed by atoms with van der Waals surface area (Å²) in [5.41, 5.74) is 12.1. The zero-order valence-electron chi connectivity index (χ0n) is 9.53. The summed E-state index contributed by atoms with van der Waals surface area (Å²) in [4.78, 5) is 13.1. The maximum atomic E-state index is 13.6. The Kier molecular flexibility index (Phi) is 3.91. The van der Waals surface area contributed by atoms with Gasteiger partial charge in [-0.05, 0) is 28.7 Å². The van der Waals surface area contributed by atoms with E-state index in [4.69, 9.17) is 16.2 Å². The SMILES string of the molecule is NC(=O)C1COCCN1c1cc(F)c(I)cc1N. The van der Waals surface area contributed by atoms with Gasteiger partial charge >= 0.3 is 0 Å². The number of primary amides is 1. The number of benzene rings is 1. The average molecular weight is 365 g/mol. The number of nitrogen functional groups attached to an aromatic ring is 1. The molecule has 18 heavy (non-hydrogen) atoms. The molecule has 1 atom stereocenters. The highest BCUT2D eigenvalue weighted by molar-refractivity contribution is 14.1. The summed E-state index contributed by atoms with van der Waals surface area (Å²) in [5.74, 6) is -0.873. The van der Waals surface area contributed by atoms with Crippen LogP contribution in [-0.2, 0) is 9.53 Å². The zero-order valence-corrected chi connectivity index (χ0v) is 11.7. The fourth-order valence-corrected chi connectivity index (χ4v) is 2.42. The van der Waals surface area contributed by atoms with Gasteiger partial charge in [0, 0.05) is 12.6 Å². The number of nitrogens with zero attached hydrogens (tertiary/aromatic N) is 1. The number of carbonyl (C=O) groups is 1. The van der Waals surface area contributed by atoms with Crippen LogP contribution in [0.5, 0.6) is 0 Å². The second-order valence-corrected chi connectivity index (χ2v) is 5.17. The number of nitrogens with two attached hydrogens (primary N) is 2. The van der Waals surface area contributed by atoms with Crippen LogP contribution < -0.4 is 16.4 Å². The molecule has 1 heterocycles. The third-order valence-electron chi connectivity index (χ3n) is 2.84. The molecule has 2 rings (SSSR count). The lowest BCUT2D eigenvalue weighted by molar-refractivity contribution is -0.121. The van der Waals surface area contributed by atoms with Gasteiger partial charge in [0.05, 0.1) is 28.2 Å². The maximum absolute atomic E-state index is 13.6. The van der Waals surface area contributed by atoms with Crippen LogP contribution in [0.2, 0.25) is 0 Å². The molecule has 1 aliphatic rings. The number of hydrogen-bond donors (Lipinski definition) is 2. The predicted octanol–water partition coefficient (Wildman–Crippen LogP) is 0.703. The van der Waals surface area contributed by atoms with Gasteiger partial charge in [-0.1, -0.05) is 0 Å². The Bertz CT molecular complexity index is 484. The molecule has 0 saturated carbocycles. The third kappa shape index (κ3) is 2.51. The Hall–Kier alpha value is -1.09. The molecule has 1 amide bonds. The zero-order chi connectivity index (χ0) is 13.3. The van der Waals surface area contributed by atoms with E-state index in [1.165, 1.54) is 6.07 Å². The lowest BCUT2D eigenvalue weighted by atomic mass is 10.1. The molecule has 98 valence electrons. The van der Waals surface area contributed by atoms with Gasteiger partial charge in [0.25, 0.3) is 0 Å². The van der Waals surface area contributed by atoms with E-state index in [-0.39, 0.29) is 12.4 Å². The van der Waals surface area contributed by atoms with Gasteiger partial charge in [-0.15, -0.1) is 0 Å². The van der Waals surface area contributed by atoms with Gasteiger partial charge in [-0.3, -0.25) is 4.79 Å². The number of rotatable bonds is 2. The van der Waals surface area contributed by atoms with E-state index in [0.717, 1.165) is 0 Å². The molecule has 1 aromatic carbocycles. The Balaban J connectivity index is 2.39. The Labute approximate surface area is 117 Å². The molecule has 1 aromatic rings. The molecule has 7 heteroatoms. The first-order valence-corrected chi connectivity index (χ1v) is 6.47. The smallest absolute Gasteiger partial charge is 0.242 e. The summed E-state index contributed by atoms with van der Waals surface area (Å²) in [6.07, 6.45) is 0. The summed E-state index contributed by atoms with van der Waals surface area (Å²) in [7, 11) is 0. The van der Waals surface area contributed by atoms with E-state index in [1.807, 2.05) is 22.6 Å². The van der Waals surface area contributed by atoms with Crippen molar-refractivity contribution in [2.75, 3.05) is 30.4 Å². The second-order valence-electron chi connectivity index (χ2n) is 4.01. The molecule has 1 unspecified atom stereocenters. The van der Waals surface area contributed by atoms with Crippen molar-refractivity contribution in [1.29, 1.82) is 0 Å². The van der Waals surface area contributed by atoms with Gasteiger partial charge in [0.2, 0.25) is 5.91 Å². The number of ether oxygens (including phenoxy) is 1. The van der Waals surface area contributed by atoms with Crippen molar-refractivity contribution >= 4 is 39.9 Å². The normalized spacial score (nSPS) is 19.9. The predicted molar refractivity (Wildman–Crippen MR) is 74.7 cm³/mol. The van der Waals surface area contributed by atoms with Crippen molar-refractivity contribution in [2.24, 2.45) is 5.73 Å². The van der Waals surface area contributed by atoms with Gasteiger partial charge in [0.15, 0.2) is 0 Å². The Morgan fingerprint density at radius 1 is 1.56 bits per heavy atom. The molecule has 0 aliphatic carbocycles. The van der Waals surface area contributed by atoms with Crippen LogP contribution in [0.15, 0.2) is 12.1 Å². The number of hydrogen-bond acceptors (Lipinski definition) is 4. The van der Waals surface area contributed by atoms with Gasteiger partial charge in [-0.2, -0.15) is 0 Å². The first-order chi connectivity index (χ1) is 8.50. The van der Waals surface area contributed by atoms with Gasteiger partial charge in [-0.25, -0.2) is 4.39 Å². The molecular formula is C11H13FIN3O2. The highest BCUT2D eigenvalue weighted by Crippen LogP contribution is 2.29. The topological polar surface area (TPSA) is 81.6 Å². The standard InChI is InChI=1S/C11H13FIN3O2/c12-6-3-9(8(14)4-7(6)13)16-1-2-18-5-10(16)11(15)17/h3-4,10H,1-2,5,14H2,(H2,15,17). The summed E-state index contributed by atoms with van der Waals surface area (Å²) < 4.78 is 19.3. The van der Waals surface area contributed by atoms with E-state index in [2.05, 4.69) is 0 Å². The fourth-order valence-electron chi connectivity index (χ4n) is 1.93. The van der Waals surface area contributed by atoms with Gasteiger partial charge < -0.3 is 21.1 Å². The lowest BCUT2D eigenvalue weighted by Gasteiger charge is -2.36. The fraction of sp³-hybridized carbons (Fsp3) is 0.364. The van der Waals surface area contributed by atoms with E-state index in [9.17, 15) is 9.18 Å². The van der Waals surface area contributed by atoms with Crippen LogP contribution in [0.3, 0.4) is 0 Å². The molecule has 1 saturated heterocycles. The monoisotopic (exact) mass is 365 g/mol. The highest BCUT2D eigenvalue weighted by atomic mass is 127. The van der Waals surface area contributed by atoms with Crippen LogP contribution in [0.25, 0.3) is 0 Å². The number of anilines is 2. The van der Waals surface area contributed by atoms with Crippen molar-refractivity contribution in [3.63, 3.8) is 0 Å². The van der Waals surface area contributed by atoms with Crippen molar-refractivity contribution < 1.29 is 13.9 Å². The Morgan fingerprint density at radius 3 is 2.94 bits per heavy atom. The molecule has 1 aliphatic heterocycles. The van der Waals surface area contributed by atoms with Crippen molar-refractivity contribution in [2.45, 2.75) is 6.04 Å². The summed E-state index contributed by atoms with van der Waals surface area (Å²) in [6, 6.07) is 2.26. The molecule has 0 bridgehead atoms. The largest absolute Gasteiger partial charge is 0.397 e. The number of morpholine rings is 1. The molecule has 1 fully saturated rings. The van der Waals surface area contributed by atoms with Crippen LogP contribution in [0.1, 0.15) is 0 Å². The van der Waals surface area contributed by atoms with E-state index < -0.39 is 11.9 Å². The van der Waals surface area contributed by atoms with Crippen LogP contribution in [-0.4, -0.2) is 31.7 Å². The van der Waals surface area contributed by atoms with Crippen LogP contribution in [0.4, 0.5) is 15.8 Å². The maximum Gasteiger partial charge on any atom is 0.242 e. The third-order valence-corrected chi connectivity index (χ3v) is 3.66. The quantitative estimate of drug-likeness (QED) is 0.597. The first kappa shape index (κ1) is 13.3. The summed E-state index contributed by atoms with van der Waals surface area (Å²) >= 11 is 1.87. The number of carbonyl (C=O) groups excluding carboxylic acids is 1. The van der Waals surface area contributed by atoms with E-state index in [0.29, 0.717) is 28.1 Å². The molecular weight excluding hydrogens is 352 g/mol. The highest BCUT2D eigenvalue weighted by Gasteiger charge is 2.29. The molecule has 5 nitrogen and oxygen atoms in total. The summed E-state index contributed by atoms with van der Waals surface area (Å²) in [6.45, 7) is 1.11. The first-order valence-electron chi connectivity index (χ1n) is 5.39. The van der Waals surface area contributed by atoms with Gasteiger partial charge in [0.1, 0.15) is 11.9 Å². The molecule has 0 radical (unpaired) electrons. The van der Waals surface area contributed by atoms with E-state index >= 15 is 0 Å².